The number of benzene rings is 3. The summed E-state index contributed by atoms with van der Waals surface area (Å²) in [6, 6.07) is 18.5. The van der Waals surface area contributed by atoms with Crippen molar-refractivity contribution in [3.05, 3.63) is 87.9 Å². The third-order valence-corrected chi connectivity index (χ3v) is 4.81. The SMILES string of the molecule is COc1cc(C=NNC(=O)Nc2ccccc2C)cc(Cl)c1OCc1ccc(C)cc1. The largest absolute Gasteiger partial charge is 0.493 e. The summed E-state index contributed by atoms with van der Waals surface area (Å²) in [4.78, 5) is 12.0. The van der Waals surface area contributed by atoms with Crippen molar-refractivity contribution in [3.8, 4) is 11.5 Å². The lowest BCUT2D eigenvalue weighted by Crippen LogP contribution is -2.24. The number of carbonyl (C=O) groups is 1. The van der Waals surface area contributed by atoms with E-state index < -0.39 is 6.03 Å². The Bertz CT molecular complexity index is 1080. The second kappa shape index (κ2) is 10.5. The van der Waals surface area contributed by atoms with Gasteiger partial charge in [0.25, 0.3) is 0 Å². The molecule has 0 aliphatic carbocycles. The highest BCUT2D eigenvalue weighted by molar-refractivity contribution is 6.32. The maximum absolute atomic E-state index is 12.0. The van der Waals surface area contributed by atoms with Gasteiger partial charge in [-0.3, -0.25) is 0 Å². The number of methoxy groups -OCH3 is 1. The molecule has 160 valence electrons. The first-order chi connectivity index (χ1) is 15.0. The van der Waals surface area contributed by atoms with E-state index in [1.807, 2.05) is 62.4 Å². The highest BCUT2D eigenvalue weighted by Crippen LogP contribution is 2.36. The van der Waals surface area contributed by atoms with Crippen LogP contribution in [0.5, 0.6) is 11.5 Å². The molecule has 0 aliphatic heterocycles. The molecule has 0 saturated heterocycles. The second-order valence-corrected chi connectivity index (χ2v) is 7.35. The minimum absolute atomic E-state index is 0.366. The fourth-order valence-electron chi connectivity index (χ4n) is 2.82. The molecule has 2 N–H and O–H groups in total. The van der Waals surface area contributed by atoms with Gasteiger partial charge in [-0.15, -0.1) is 0 Å². The third-order valence-electron chi connectivity index (χ3n) is 4.53. The number of ether oxygens (including phenoxy) is 2. The van der Waals surface area contributed by atoms with E-state index in [1.54, 1.807) is 19.2 Å². The van der Waals surface area contributed by atoms with Crippen molar-refractivity contribution in [2.45, 2.75) is 20.5 Å². The molecule has 0 bridgehead atoms. The minimum Gasteiger partial charge on any atom is -0.493 e. The number of para-hydroxylation sites is 1. The van der Waals surface area contributed by atoms with Gasteiger partial charge >= 0.3 is 6.03 Å². The van der Waals surface area contributed by atoms with E-state index >= 15 is 0 Å². The summed E-state index contributed by atoms with van der Waals surface area (Å²) in [5, 5.41) is 7.10. The average Bonchev–Trinajstić information content (AvgIpc) is 2.75. The van der Waals surface area contributed by atoms with Gasteiger partial charge in [-0.25, -0.2) is 10.2 Å². The standard InChI is InChI=1S/C24H24ClN3O3/c1-16-8-10-18(11-9-16)15-31-23-20(25)12-19(13-22(23)30-3)14-26-28-24(29)27-21-7-5-4-6-17(21)2/h4-14H,15H2,1-3H3,(H2,27,28,29). The van der Waals surface area contributed by atoms with Crippen LogP contribution in [-0.2, 0) is 6.61 Å². The van der Waals surface area contributed by atoms with Crippen LogP contribution in [0.3, 0.4) is 0 Å². The Balaban J connectivity index is 1.64. The van der Waals surface area contributed by atoms with E-state index in [2.05, 4.69) is 15.8 Å². The first-order valence-corrected chi connectivity index (χ1v) is 10.1. The average molecular weight is 438 g/mol. The molecular weight excluding hydrogens is 414 g/mol. The minimum atomic E-state index is -0.443. The molecule has 0 heterocycles. The number of anilines is 1. The zero-order valence-electron chi connectivity index (χ0n) is 17.6. The van der Waals surface area contributed by atoms with Gasteiger partial charge in [0.05, 0.1) is 18.3 Å². The number of nitrogens with one attached hydrogen (secondary N) is 2. The van der Waals surface area contributed by atoms with Crippen LogP contribution < -0.4 is 20.2 Å². The molecule has 7 heteroatoms. The zero-order valence-corrected chi connectivity index (χ0v) is 18.4. The highest BCUT2D eigenvalue weighted by Gasteiger charge is 2.12. The molecule has 3 aromatic rings. The maximum atomic E-state index is 12.0. The molecule has 31 heavy (non-hydrogen) atoms. The van der Waals surface area contributed by atoms with Crippen LogP contribution >= 0.6 is 11.6 Å². The molecule has 0 unspecified atom stereocenters. The zero-order chi connectivity index (χ0) is 22.2. The van der Waals surface area contributed by atoms with E-state index in [9.17, 15) is 4.79 Å². The van der Waals surface area contributed by atoms with Crippen molar-refractivity contribution in [3.63, 3.8) is 0 Å². The first-order valence-electron chi connectivity index (χ1n) is 9.68. The molecule has 2 amide bonds. The van der Waals surface area contributed by atoms with E-state index in [0.29, 0.717) is 28.7 Å². The van der Waals surface area contributed by atoms with Crippen LogP contribution in [0.1, 0.15) is 22.3 Å². The number of aryl methyl sites for hydroxylation is 2. The van der Waals surface area contributed by atoms with Gasteiger partial charge < -0.3 is 14.8 Å². The van der Waals surface area contributed by atoms with Gasteiger partial charge in [-0.1, -0.05) is 59.6 Å². The van der Waals surface area contributed by atoms with Gasteiger partial charge in [0.15, 0.2) is 11.5 Å². The number of urea groups is 1. The summed E-state index contributed by atoms with van der Waals surface area (Å²) in [6.45, 7) is 4.31. The van der Waals surface area contributed by atoms with Crippen molar-refractivity contribution >= 4 is 29.5 Å². The van der Waals surface area contributed by atoms with Gasteiger partial charge in [0.1, 0.15) is 6.61 Å². The van der Waals surface area contributed by atoms with Crippen molar-refractivity contribution in [2.75, 3.05) is 12.4 Å². The molecule has 6 nitrogen and oxygen atoms in total. The smallest absolute Gasteiger partial charge is 0.339 e. The fourth-order valence-corrected chi connectivity index (χ4v) is 3.10. The Morgan fingerprint density at radius 3 is 2.55 bits per heavy atom. The Hall–Kier alpha value is -3.51. The lowest BCUT2D eigenvalue weighted by Gasteiger charge is -2.13. The van der Waals surface area contributed by atoms with E-state index in [4.69, 9.17) is 21.1 Å². The van der Waals surface area contributed by atoms with E-state index in [-0.39, 0.29) is 0 Å². The molecule has 0 fully saturated rings. The summed E-state index contributed by atoms with van der Waals surface area (Å²) in [7, 11) is 1.54. The van der Waals surface area contributed by atoms with Gasteiger partial charge in [-0.2, -0.15) is 5.10 Å². The van der Waals surface area contributed by atoms with Gasteiger partial charge in [-0.05, 0) is 48.7 Å². The normalized spacial score (nSPS) is 10.7. The topological polar surface area (TPSA) is 72.0 Å². The molecule has 3 rings (SSSR count). The summed E-state index contributed by atoms with van der Waals surface area (Å²) in [5.41, 5.74) is 6.97. The fraction of sp³-hybridized carbons (Fsp3) is 0.167. The van der Waals surface area contributed by atoms with Crippen LogP contribution in [-0.4, -0.2) is 19.4 Å². The molecular formula is C24H24ClN3O3. The van der Waals surface area contributed by atoms with Gasteiger partial charge in [0.2, 0.25) is 0 Å². The predicted molar refractivity (Wildman–Crippen MR) is 124 cm³/mol. The number of halogens is 1. The Morgan fingerprint density at radius 1 is 1.10 bits per heavy atom. The molecule has 0 radical (unpaired) electrons. The second-order valence-electron chi connectivity index (χ2n) is 6.95. The summed E-state index contributed by atoms with van der Waals surface area (Å²) < 4.78 is 11.3. The summed E-state index contributed by atoms with van der Waals surface area (Å²) in [5.74, 6) is 0.928. The monoisotopic (exact) mass is 437 g/mol. The highest BCUT2D eigenvalue weighted by atomic mass is 35.5. The quantitative estimate of drug-likeness (QED) is 0.368. The van der Waals surface area contributed by atoms with Crippen molar-refractivity contribution in [1.82, 2.24) is 5.43 Å². The van der Waals surface area contributed by atoms with Gasteiger partial charge in [0, 0.05) is 5.69 Å². The number of carbonyl (C=O) groups excluding carboxylic acids is 1. The summed E-state index contributed by atoms with van der Waals surface area (Å²) >= 11 is 6.40. The first kappa shape index (κ1) is 22.2. The third kappa shape index (κ3) is 6.23. The molecule has 0 aromatic heterocycles. The van der Waals surface area contributed by atoms with Crippen LogP contribution in [0.2, 0.25) is 5.02 Å². The van der Waals surface area contributed by atoms with Crippen molar-refractivity contribution in [2.24, 2.45) is 5.10 Å². The van der Waals surface area contributed by atoms with E-state index in [0.717, 1.165) is 16.8 Å². The van der Waals surface area contributed by atoms with E-state index in [1.165, 1.54) is 11.8 Å². The van der Waals surface area contributed by atoms with Crippen molar-refractivity contribution < 1.29 is 14.3 Å². The Morgan fingerprint density at radius 2 is 1.84 bits per heavy atom. The molecule has 0 aliphatic rings. The number of nitrogens with zero attached hydrogens (tertiary/aromatic N) is 1. The Kier molecular flexibility index (Phi) is 7.51. The molecule has 0 saturated carbocycles. The van der Waals surface area contributed by atoms with Crippen molar-refractivity contribution in [1.29, 1.82) is 0 Å². The number of amides is 2. The van der Waals surface area contributed by atoms with Crippen LogP contribution in [0.25, 0.3) is 0 Å². The lowest BCUT2D eigenvalue weighted by molar-refractivity contribution is 0.252. The number of hydrazone groups is 1. The predicted octanol–water partition coefficient (Wildman–Crippen LogP) is 5.70. The lowest BCUT2D eigenvalue weighted by atomic mass is 10.1. The van der Waals surface area contributed by atoms with Crippen LogP contribution in [0, 0.1) is 13.8 Å². The maximum Gasteiger partial charge on any atom is 0.339 e. The molecule has 3 aromatic carbocycles. The number of hydrogen-bond donors (Lipinski definition) is 2. The van der Waals surface area contributed by atoms with Crippen LogP contribution in [0.4, 0.5) is 10.5 Å². The molecule has 0 atom stereocenters. The Labute approximate surface area is 186 Å². The number of hydrogen-bond acceptors (Lipinski definition) is 4. The van der Waals surface area contributed by atoms with Crippen LogP contribution in [0.15, 0.2) is 65.8 Å². The molecule has 0 spiro atoms. The number of rotatable bonds is 7. The summed E-state index contributed by atoms with van der Waals surface area (Å²) in [6.07, 6.45) is 1.48.